The third kappa shape index (κ3) is 11.8. The van der Waals surface area contributed by atoms with Gasteiger partial charge >= 0.3 is 0 Å². The van der Waals surface area contributed by atoms with Crippen molar-refractivity contribution < 1.29 is 0 Å². The van der Waals surface area contributed by atoms with Gasteiger partial charge in [0.2, 0.25) is 0 Å². The molecule has 0 saturated heterocycles. The van der Waals surface area contributed by atoms with E-state index in [0.717, 1.165) is 55.2 Å². The van der Waals surface area contributed by atoms with Crippen molar-refractivity contribution >= 4 is 109 Å². The lowest BCUT2D eigenvalue weighted by Crippen LogP contribution is -1.91. The zero-order valence-electron chi connectivity index (χ0n) is 52.1. The van der Waals surface area contributed by atoms with Crippen molar-refractivity contribution in [1.82, 2.24) is 24.9 Å². The number of fused-ring (bicyclic) bond motifs is 10. The maximum absolute atomic E-state index is 4.80. The van der Waals surface area contributed by atoms with Crippen molar-refractivity contribution in [3.8, 4) is 0 Å². The van der Waals surface area contributed by atoms with E-state index in [-0.39, 0.29) is 0 Å². The minimum absolute atomic E-state index is 1.08. The normalized spacial score (nSPS) is 11.2. The Balaban J connectivity index is 0.000000111. The number of aryl methyl sites for hydroxylation is 15. The van der Waals surface area contributed by atoms with Gasteiger partial charge in [-0.05, 0) is 261 Å². The average molecular weight is 1110 g/mol. The Morgan fingerprint density at radius 2 is 0.576 bits per heavy atom. The topological polar surface area (TPSA) is 64.5 Å². The number of benzene rings is 10. The zero-order chi connectivity index (χ0) is 60.0. The molecule has 5 aromatic heterocycles. The van der Waals surface area contributed by atoms with E-state index in [1.165, 1.54) is 137 Å². The second kappa shape index (κ2) is 23.7. The number of rotatable bonds is 0. The monoisotopic (exact) mass is 1110 g/mol. The van der Waals surface area contributed by atoms with Crippen LogP contribution in [0.1, 0.15) is 83.5 Å². The number of aromatic nitrogens is 5. The van der Waals surface area contributed by atoms with Gasteiger partial charge in [-0.2, -0.15) is 0 Å². The molecule has 15 aromatic rings. The predicted molar refractivity (Wildman–Crippen MR) is 367 cm³/mol. The fourth-order valence-electron chi connectivity index (χ4n) is 11.5. The number of hydrogen-bond donors (Lipinski definition) is 0. The van der Waals surface area contributed by atoms with Crippen molar-refractivity contribution in [2.45, 2.75) is 104 Å². The first-order chi connectivity index (χ1) is 40.8. The standard InChI is InChI=1S/5C16H15N/c1-10-4-7-15-14(8-10)9-13-6-5-11(2)12(3)16(13)17-15;1-10-4-6-13-9-14-7-5-11(2)12(3)16(14)17-15(13)8-10;1-10-4-5-15-13(6-10)9-14-7-11(2)12(3)8-16(14)17-15;1-10-8-14-12(3)13-6-4-5-7-15(13)17-16(14)9-11(10)2;1-10-8-9-14-12(3)13-6-4-5-7-15(13)17-16(14)11(10)2/h5*4-9H,1-3H3. The lowest BCUT2D eigenvalue weighted by molar-refractivity contribution is 1.33. The molecule has 0 unspecified atom stereocenters. The highest BCUT2D eigenvalue weighted by molar-refractivity contribution is 6.01. The summed E-state index contributed by atoms with van der Waals surface area (Å²) in [5, 5.41) is 12.4. The Kier molecular flexibility index (Phi) is 16.0. The lowest BCUT2D eigenvalue weighted by atomic mass is 9.99. The molecule has 0 fully saturated rings. The average Bonchev–Trinajstić information content (AvgIpc) is 3.66. The van der Waals surface area contributed by atoms with Gasteiger partial charge in [0.15, 0.2) is 0 Å². The smallest absolute Gasteiger partial charge is 0.0744 e. The summed E-state index contributed by atoms with van der Waals surface area (Å²) in [5.41, 5.74) is 30.5. The van der Waals surface area contributed by atoms with Crippen LogP contribution in [0.3, 0.4) is 0 Å². The Morgan fingerprint density at radius 3 is 1.19 bits per heavy atom. The van der Waals surface area contributed by atoms with Crippen molar-refractivity contribution in [3.05, 3.63) is 265 Å². The highest BCUT2D eigenvalue weighted by atomic mass is 14.7. The van der Waals surface area contributed by atoms with Gasteiger partial charge in [-0.1, -0.05) is 108 Å². The first kappa shape index (κ1) is 57.4. The fraction of sp³-hybridized carbons (Fsp3) is 0.188. The molecule has 0 bridgehead atoms. The molecule has 0 N–H and O–H groups in total. The zero-order valence-corrected chi connectivity index (χ0v) is 52.1. The van der Waals surface area contributed by atoms with Crippen molar-refractivity contribution in [1.29, 1.82) is 0 Å². The molecule has 0 aliphatic rings. The Morgan fingerprint density at radius 1 is 0.188 bits per heavy atom. The minimum Gasteiger partial charge on any atom is -0.248 e. The molecule has 5 nitrogen and oxygen atoms in total. The Hall–Kier alpha value is -9.45. The molecule has 85 heavy (non-hydrogen) atoms. The van der Waals surface area contributed by atoms with Gasteiger partial charge in [0.25, 0.3) is 0 Å². The Labute approximate surface area is 500 Å². The van der Waals surface area contributed by atoms with Crippen LogP contribution in [0.4, 0.5) is 0 Å². The summed E-state index contributed by atoms with van der Waals surface area (Å²) < 4.78 is 0. The summed E-state index contributed by atoms with van der Waals surface area (Å²) in [7, 11) is 0. The second-order valence-corrected chi connectivity index (χ2v) is 23.7. The van der Waals surface area contributed by atoms with E-state index in [1.54, 1.807) is 0 Å². The first-order valence-electron chi connectivity index (χ1n) is 29.6. The predicted octanol–water partition coefficient (Wildman–Crippen LogP) is 21.6. The number of nitrogens with zero attached hydrogens (tertiary/aromatic N) is 5. The summed E-state index contributed by atoms with van der Waals surface area (Å²) in [6, 6.07) is 64.5. The molecule has 0 amide bonds. The molecular formula is C80H75N5. The van der Waals surface area contributed by atoms with E-state index in [4.69, 9.17) is 24.9 Å². The molecule has 5 heteroatoms. The molecule has 15 rings (SSSR count). The van der Waals surface area contributed by atoms with E-state index in [9.17, 15) is 0 Å². The molecule has 0 aliphatic heterocycles. The maximum Gasteiger partial charge on any atom is 0.0744 e. The van der Waals surface area contributed by atoms with Gasteiger partial charge in [-0.15, -0.1) is 0 Å². The number of pyridine rings is 5. The van der Waals surface area contributed by atoms with Crippen LogP contribution in [0, 0.1) is 104 Å². The molecule has 10 aromatic carbocycles. The highest BCUT2D eigenvalue weighted by Gasteiger charge is 2.11. The third-order valence-corrected chi connectivity index (χ3v) is 17.5. The van der Waals surface area contributed by atoms with Crippen LogP contribution < -0.4 is 0 Å². The summed E-state index contributed by atoms with van der Waals surface area (Å²) in [6.45, 7) is 32.1. The van der Waals surface area contributed by atoms with E-state index in [2.05, 4.69) is 274 Å². The maximum atomic E-state index is 4.80. The van der Waals surface area contributed by atoms with Crippen molar-refractivity contribution in [3.63, 3.8) is 0 Å². The molecule has 0 atom stereocenters. The molecule has 5 heterocycles. The van der Waals surface area contributed by atoms with Crippen LogP contribution in [0.5, 0.6) is 0 Å². The molecule has 0 saturated carbocycles. The van der Waals surface area contributed by atoms with E-state index in [0.29, 0.717) is 0 Å². The Bertz CT molecular complexity index is 5070. The fourth-order valence-corrected chi connectivity index (χ4v) is 11.5. The first-order valence-corrected chi connectivity index (χ1v) is 29.6. The van der Waals surface area contributed by atoms with E-state index < -0.39 is 0 Å². The van der Waals surface area contributed by atoms with E-state index in [1.807, 2.05) is 12.1 Å². The van der Waals surface area contributed by atoms with Crippen LogP contribution in [0.2, 0.25) is 0 Å². The van der Waals surface area contributed by atoms with Crippen molar-refractivity contribution in [2.24, 2.45) is 0 Å². The van der Waals surface area contributed by atoms with E-state index >= 15 is 0 Å². The lowest BCUT2D eigenvalue weighted by Gasteiger charge is -2.10. The van der Waals surface area contributed by atoms with Crippen molar-refractivity contribution in [2.75, 3.05) is 0 Å². The molecule has 0 spiro atoms. The van der Waals surface area contributed by atoms with Gasteiger partial charge < -0.3 is 0 Å². The molecular weight excluding hydrogens is 1030 g/mol. The van der Waals surface area contributed by atoms with Gasteiger partial charge in [-0.25, -0.2) is 24.9 Å². The van der Waals surface area contributed by atoms with Gasteiger partial charge in [0, 0.05) is 53.9 Å². The molecule has 420 valence electrons. The molecule has 0 radical (unpaired) electrons. The van der Waals surface area contributed by atoms with Crippen LogP contribution in [0.15, 0.2) is 182 Å². The highest BCUT2D eigenvalue weighted by Crippen LogP contribution is 2.31. The largest absolute Gasteiger partial charge is 0.248 e. The van der Waals surface area contributed by atoms with Crippen LogP contribution in [0.25, 0.3) is 109 Å². The van der Waals surface area contributed by atoms with Crippen LogP contribution >= 0.6 is 0 Å². The van der Waals surface area contributed by atoms with Gasteiger partial charge in [0.05, 0.1) is 55.2 Å². The third-order valence-electron chi connectivity index (χ3n) is 17.5. The van der Waals surface area contributed by atoms with Gasteiger partial charge in [0.1, 0.15) is 0 Å². The number of hydrogen-bond acceptors (Lipinski definition) is 5. The van der Waals surface area contributed by atoms with Crippen LogP contribution in [-0.4, -0.2) is 24.9 Å². The second-order valence-electron chi connectivity index (χ2n) is 23.7. The summed E-state index contributed by atoms with van der Waals surface area (Å²) in [4.78, 5) is 23.8. The SMILES string of the molecule is Cc1cc2nc3ccccc3c(C)c2cc1C.Cc1ccc2c(C)c3ccccc3nc2c1C.Cc1ccc2cc3ccc(C)c(C)c3nc2c1.Cc1ccc2nc3c(C)c(C)ccc3cc2c1.Cc1ccc2nc3cc(C)c(C)cc3cc2c1. The van der Waals surface area contributed by atoms with Crippen LogP contribution in [-0.2, 0) is 0 Å². The number of para-hydroxylation sites is 2. The summed E-state index contributed by atoms with van der Waals surface area (Å²) in [5.74, 6) is 0. The molecule has 0 aliphatic carbocycles. The quantitative estimate of drug-likeness (QED) is 0.142. The summed E-state index contributed by atoms with van der Waals surface area (Å²) in [6.07, 6.45) is 0. The summed E-state index contributed by atoms with van der Waals surface area (Å²) >= 11 is 0. The van der Waals surface area contributed by atoms with Gasteiger partial charge in [-0.3, -0.25) is 0 Å². The minimum atomic E-state index is 1.08.